The maximum atomic E-state index is 7.03. The van der Waals surface area contributed by atoms with E-state index in [1.165, 1.54) is 10.4 Å². The van der Waals surface area contributed by atoms with Gasteiger partial charge in [0.15, 0.2) is 0 Å². The molecule has 0 aliphatic rings. The summed E-state index contributed by atoms with van der Waals surface area (Å²) in [6.45, 7) is 9.12. The second kappa shape index (κ2) is 14.8. The topological polar surface area (TPSA) is 27.7 Å². The first-order valence-corrected chi connectivity index (χ1v) is 17.5. The molecule has 0 bridgehead atoms. The minimum Gasteiger partial charge on any atom is -0.407 e. The van der Waals surface area contributed by atoms with Gasteiger partial charge in [0.05, 0.1) is 13.2 Å². The predicted octanol–water partition coefficient (Wildman–Crippen LogP) is 7.98. The van der Waals surface area contributed by atoms with E-state index in [0.29, 0.717) is 26.4 Å². The molecule has 0 spiro atoms. The highest BCUT2D eigenvalue weighted by atomic mass is 28.4. The third kappa shape index (κ3) is 6.79. The second-order valence-corrected chi connectivity index (χ2v) is 16.4. The SMILES string of the molecule is CC(C)(C)[Si](OCCCOCCOC(c1ccccc1)(c1ccccc1)c1ccccc1)(c1ccccc1)c1ccccc1. The molecular formula is C40H44O3Si. The van der Waals surface area contributed by atoms with Crippen LogP contribution in [0.2, 0.25) is 5.04 Å². The Morgan fingerprint density at radius 1 is 0.455 bits per heavy atom. The van der Waals surface area contributed by atoms with Gasteiger partial charge in [0.2, 0.25) is 0 Å². The molecule has 0 heterocycles. The molecule has 3 nitrogen and oxygen atoms in total. The number of hydrogen-bond acceptors (Lipinski definition) is 3. The molecule has 0 radical (unpaired) electrons. The normalized spacial score (nSPS) is 12.2. The van der Waals surface area contributed by atoms with Gasteiger partial charge >= 0.3 is 0 Å². The van der Waals surface area contributed by atoms with Crippen LogP contribution < -0.4 is 10.4 Å². The lowest BCUT2D eigenvalue weighted by Gasteiger charge is -2.43. The summed E-state index contributed by atoms with van der Waals surface area (Å²) in [7, 11) is -2.54. The Labute approximate surface area is 264 Å². The molecule has 0 unspecified atom stereocenters. The van der Waals surface area contributed by atoms with Gasteiger partial charge in [-0.15, -0.1) is 0 Å². The molecule has 5 aromatic carbocycles. The van der Waals surface area contributed by atoms with Crippen LogP contribution in [-0.2, 0) is 19.5 Å². The highest BCUT2D eigenvalue weighted by Crippen LogP contribution is 2.40. The van der Waals surface area contributed by atoms with Crippen LogP contribution in [0, 0.1) is 0 Å². The molecule has 44 heavy (non-hydrogen) atoms. The first-order chi connectivity index (χ1) is 21.5. The van der Waals surface area contributed by atoms with Crippen LogP contribution >= 0.6 is 0 Å². The molecule has 4 heteroatoms. The quantitative estimate of drug-likeness (QED) is 0.0735. The lowest BCUT2D eigenvalue weighted by Crippen LogP contribution is -2.66. The highest BCUT2D eigenvalue weighted by Gasteiger charge is 2.50. The molecule has 5 aromatic rings. The van der Waals surface area contributed by atoms with Gasteiger partial charge < -0.3 is 13.9 Å². The summed E-state index contributed by atoms with van der Waals surface area (Å²) in [5.74, 6) is 0. The van der Waals surface area contributed by atoms with Gasteiger partial charge in [-0.1, -0.05) is 172 Å². The largest absolute Gasteiger partial charge is 0.407 e. The summed E-state index contributed by atoms with van der Waals surface area (Å²) in [6.07, 6.45) is 0.811. The van der Waals surface area contributed by atoms with Crippen molar-refractivity contribution in [3.63, 3.8) is 0 Å². The summed E-state index contributed by atoms with van der Waals surface area (Å²) in [6, 6.07) is 53.0. The minimum atomic E-state index is -2.54. The molecule has 5 rings (SSSR count). The maximum Gasteiger partial charge on any atom is 0.261 e. The highest BCUT2D eigenvalue weighted by molar-refractivity contribution is 6.99. The van der Waals surface area contributed by atoms with E-state index in [4.69, 9.17) is 13.9 Å². The molecule has 0 aliphatic carbocycles. The van der Waals surface area contributed by atoms with Crippen LogP contribution in [-0.4, -0.2) is 34.7 Å². The van der Waals surface area contributed by atoms with Gasteiger partial charge in [-0.25, -0.2) is 0 Å². The van der Waals surface area contributed by atoms with Crippen LogP contribution in [0.15, 0.2) is 152 Å². The van der Waals surface area contributed by atoms with Crippen LogP contribution in [0.1, 0.15) is 43.9 Å². The van der Waals surface area contributed by atoms with E-state index in [9.17, 15) is 0 Å². The zero-order valence-electron chi connectivity index (χ0n) is 26.2. The Hall–Kier alpha value is -3.80. The summed E-state index contributed by atoms with van der Waals surface area (Å²) in [5.41, 5.74) is 2.54. The summed E-state index contributed by atoms with van der Waals surface area (Å²) < 4.78 is 20.0. The Bertz CT molecular complexity index is 1380. The van der Waals surface area contributed by atoms with Gasteiger partial charge in [0, 0.05) is 13.2 Å². The van der Waals surface area contributed by atoms with Crippen molar-refractivity contribution in [2.24, 2.45) is 0 Å². The Balaban J connectivity index is 1.25. The van der Waals surface area contributed by atoms with Gasteiger partial charge in [0.1, 0.15) is 5.60 Å². The van der Waals surface area contributed by atoms with E-state index in [1.54, 1.807) is 0 Å². The zero-order chi connectivity index (χ0) is 30.7. The molecule has 0 amide bonds. The molecule has 0 aromatic heterocycles. The molecule has 0 aliphatic heterocycles. The molecule has 0 saturated carbocycles. The van der Waals surface area contributed by atoms with Crippen molar-refractivity contribution < 1.29 is 13.9 Å². The smallest absolute Gasteiger partial charge is 0.261 e. The summed E-state index contributed by atoms with van der Waals surface area (Å²) in [5, 5.41) is 2.55. The number of rotatable bonds is 14. The van der Waals surface area contributed by atoms with Gasteiger partial charge in [0.25, 0.3) is 8.32 Å². The maximum absolute atomic E-state index is 7.03. The van der Waals surface area contributed by atoms with E-state index < -0.39 is 13.9 Å². The molecule has 0 fully saturated rings. The van der Waals surface area contributed by atoms with Crippen LogP contribution in [0.3, 0.4) is 0 Å². The standard InChI is InChI=1S/C40H44O3Si/c1-39(2,3)44(37-26-15-7-16-27-37,38-28-17-8-18-29-38)43-31-19-30-41-32-33-42-40(34-20-9-4-10-21-34,35-22-11-5-12-23-35)36-24-13-6-14-25-36/h4-18,20-29H,19,30-33H2,1-3H3. The van der Waals surface area contributed by atoms with Crippen LogP contribution in [0.25, 0.3) is 0 Å². The second-order valence-electron chi connectivity index (χ2n) is 12.1. The Kier molecular flexibility index (Phi) is 10.6. The molecule has 0 atom stereocenters. The average molecular weight is 601 g/mol. The third-order valence-corrected chi connectivity index (χ3v) is 13.3. The van der Waals surface area contributed by atoms with Crippen molar-refractivity contribution in [1.82, 2.24) is 0 Å². The molecule has 0 saturated heterocycles. The van der Waals surface area contributed by atoms with Crippen molar-refractivity contribution in [2.45, 2.75) is 37.8 Å². The average Bonchev–Trinajstić information content (AvgIpc) is 3.07. The third-order valence-electron chi connectivity index (χ3n) is 8.26. The van der Waals surface area contributed by atoms with E-state index in [2.05, 4.69) is 154 Å². The molecule has 226 valence electrons. The van der Waals surface area contributed by atoms with E-state index in [0.717, 1.165) is 23.1 Å². The van der Waals surface area contributed by atoms with Crippen molar-refractivity contribution in [3.05, 3.63) is 168 Å². The fourth-order valence-corrected chi connectivity index (χ4v) is 10.9. The van der Waals surface area contributed by atoms with Crippen LogP contribution in [0.4, 0.5) is 0 Å². The molecular weight excluding hydrogens is 557 g/mol. The van der Waals surface area contributed by atoms with E-state index in [-0.39, 0.29) is 5.04 Å². The first kappa shape index (κ1) is 31.6. The lowest BCUT2D eigenvalue weighted by atomic mass is 9.80. The molecule has 0 N–H and O–H groups in total. The van der Waals surface area contributed by atoms with Crippen LogP contribution in [0.5, 0.6) is 0 Å². The summed E-state index contributed by atoms with van der Waals surface area (Å²) >= 11 is 0. The number of hydrogen-bond donors (Lipinski definition) is 0. The fraction of sp³-hybridized carbons (Fsp3) is 0.250. The van der Waals surface area contributed by atoms with Gasteiger partial charge in [-0.3, -0.25) is 0 Å². The van der Waals surface area contributed by atoms with Crippen molar-refractivity contribution >= 4 is 18.7 Å². The van der Waals surface area contributed by atoms with E-state index in [1.807, 2.05) is 18.2 Å². The van der Waals surface area contributed by atoms with Crippen molar-refractivity contribution in [1.29, 1.82) is 0 Å². The van der Waals surface area contributed by atoms with Crippen molar-refractivity contribution in [3.8, 4) is 0 Å². The zero-order valence-corrected chi connectivity index (χ0v) is 27.2. The monoisotopic (exact) mass is 600 g/mol. The lowest BCUT2D eigenvalue weighted by molar-refractivity contribution is -0.0250. The van der Waals surface area contributed by atoms with Crippen molar-refractivity contribution in [2.75, 3.05) is 26.4 Å². The van der Waals surface area contributed by atoms with E-state index >= 15 is 0 Å². The first-order valence-electron chi connectivity index (χ1n) is 15.6. The Morgan fingerprint density at radius 3 is 1.23 bits per heavy atom. The number of ether oxygens (including phenoxy) is 2. The predicted molar refractivity (Wildman–Crippen MR) is 184 cm³/mol. The van der Waals surface area contributed by atoms with Gasteiger partial charge in [-0.05, 0) is 38.5 Å². The minimum absolute atomic E-state index is 0.0416. The summed E-state index contributed by atoms with van der Waals surface area (Å²) in [4.78, 5) is 0. The Morgan fingerprint density at radius 2 is 0.841 bits per heavy atom. The number of benzene rings is 5. The fourth-order valence-electron chi connectivity index (χ4n) is 6.27. The van der Waals surface area contributed by atoms with Gasteiger partial charge in [-0.2, -0.15) is 0 Å².